The summed E-state index contributed by atoms with van der Waals surface area (Å²) in [6, 6.07) is 2.05. The Labute approximate surface area is 124 Å². The fourth-order valence-corrected chi connectivity index (χ4v) is 2.86. The third-order valence-electron chi connectivity index (χ3n) is 3.97. The Bertz CT molecular complexity index is 504. The molecule has 3 heterocycles. The molecule has 0 aliphatic carbocycles. The second kappa shape index (κ2) is 6.14. The molecule has 0 unspecified atom stereocenters. The van der Waals surface area contributed by atoms with Crippen LogP contribution >= 0.6 is 0 Å². The molecule has 0 atom stereocenters. The van der Waals surface area contributed by atoms with E-state index in [9.17, 15) is 5.26 Å². The Balaban J connectivity index is 1.97. The van der Waals surface area contributed by atoms with Crippen LogP contribution in [0.1, 0.15) is 25.1 Å². The van der Waals surface area contributed by atoms with Gasteiger partial charge in [0.2, 0.25) is 5.82 Å². The fourth-order valence-electron chi connectivity index (χ4n) is 2.86. The van der Waals surface area contributed by atoms with Crippen LogP contribution in [0.15, 0.2) is 0 Å². The van der Waals surface area contributed by atoms with E-state index in [1.54, 1.807) is 0 Å². The maximum absolute atomic E-state index is 9.20. The SMILES string of the molecule is N#Cc1nc(N2CCCCC2)c(N)c(N2CCOCC2)n1. The zero-order valence-electron chi connectivity index (χ0n) is 12.1. The Morgan fingerprint density at radius 2 is 1.52 bits per heavy atom. The summed E-state index contributed by atoms with van der Waals surface area (Å²) in [7, 11) is 0. The summed E-state index contributed by atoms with van der Waals surface area (Å²) in [5.41, 5.74) is 6.89. The molecule has 0 saturated carbocycles. The summed E-state index contributed by atoms with van der Waals surface area (Å²) in [6.45, 7) is 4.68. The van der Waals surface area contributed by atoms with Gasteiger partial charge in [-0.2, -0.15) is 15.2 Å². The predicted octanol–water partition coefficient (Wildman–Crippen LogP) is 0.757. The number of nitrogens with zero attached hydrogens (tertiary/aromatic N) is 5. The molecule has 3 rings (SSSR count). The van der Waals surface area contributed by atoms with Crippen LogP contribution in [0.3, 0.4) is 0 Å². The second-order valence-corrected chi connectivity index (χ2v) is 5.37. The van der Waals surface area contributed by atoms with E-state index in [0.717, 1.165) is 39.0 Å². The molecular weight excluding hydrogens is 268 g/mol. The van der Waals surface area contributed by atoms with Gasteiger partial charge in [0, 0.05) is 26.2 Å². The van der Waals surface area contributed by atoms with Crippen molar-refractivity contribution in [3.8, 4) is 6.07 Å². The first kappa shape index (κ1) is 13.9. The highest BCUT2D eigenvalue weighted by Gasteiger charge is 2.23. The number of nitriles is 1. The summed E-state index contributed by atoms with van der Waals surface area (Å²) in [6.07, 6.45) is 3.51. The number of hydrogen-bond donors (Lipinski definition) is 1. The minimum absolute atomic E-state index is 0.186. The minimum Gasteiger partial charge on any atom is -0.393 e. The molecule has 0 radical (unpaired) electrons. The molecule has 7 nitrogen and oxygen atoms in total. The van der Waals surface area contributed by atoms with E-state index in [1.807, 2.05) is 0 Å². The summed E-state index contributed by atoms with van der Waals surface area (Å²) < 4.78 is 5.36. The Morgan fingerprint density at radius 1 is 0.952 bits per heavy atom. The number of hydrogen-bond acceptors (Lipinski definition) is 7. The molecule has 2 N–H and O–H groups in total. The average molecular weight is 288 g/mol. The molecule has 2 fully saturated rings. The fraction of sp³-hybridized carbons (Fsp3) is 0.643. The van der Waals surface area contributed by atoms with Gasteiger partial charge in [0.05, 0.1) is 13.2 Å². The molecule has 2 saturated heterocycles. The highest BCUT2D eigenvalue weighted by Crippen LogP contribution is 2.31. The van der Waals surface area contributed by atoms with Crippen LogP contribution in [0.25, 0.3) is 0 Å². The Morgan fingerprint density at radius 3 is 2.10 bits per heavy atom. The normalized spacial score (nSPS) is 19.4. The maximum Gasteiger partial charge on any atom is 0.236 e. The van der Waals surface area contributed by atoms with Crippen molar-refractivity contribution in [2.75, 3.05) is 54.9 Å². The number of morpholine rings is 1. The van der Waals surface area contributed by atoms with Crippen molar-refractivity contribution in [3.05, 3.63) is 5.82 Å². The van der Waals surface area contributed by atoms with Gasteiger partial charge < -0.3 is 20.3 Å². The number of anilines is 3. The number of rotatable bonds is 2. The van der Waals surface area contributed by atoms with Crippen molar-refractivity contribution in [1.82, 2.24) is 9.97 Å². The van der Waals surface area contributed by atoms with Gasteiger partial charge >= 0.3 is 0 Å². The highest BCUT2D eigenvalue weighted by atomic mass is 16.5. The topological polar surface area (TPSA) is 91.3 Å². The lowest BCUT2D eigenvalue weighted by Gasteiger charge is -2.32. The zero-order chi connectivity index (χ0) is 14.7. The summed E-state index contributed by atoms with van der Waals surface area (Å²) >= 11 is 0. The standard InChI is InChI=1S/C14H20N6O/c15-10-11-17-13(19-4-2-1-3-5-19)12(16)14(18-11)20-6-8-21-9-7-20/h1-9,16H2. The molecular formula is C14H20N6O. The van der Waals surface area contributed by atoms with Crippen molar-refractivity contribution in [3.63, 3.8) is 0 Å². The number of ether oxygens (including phenoxy) is 1. The minimum atomic E-state index is 0.186. The Hall–Kier alpha value is -2.07. The van der Waals surface area contributed by atoms with Crippen molar-refractivity contribution < 1.29 is 4.74 Å². The summed E-state index contributed by atoms with van der Waals surface area (Å²) in [5, 5.41) is 9.20. The van der Waals surface area contributed by atoms with Crippen LogP contribution in [0.5, 0.6) is 0 Å². The molecule has 112 valence electrons. The molecule has 0 amide bonds. The molecule has 7 heteroatoms. The van der Waals surface area contributed by atoms with Crippen LogP contribution in [-0.4, -0.2) is 49.4 Å². The lowest BCUT2D eigenvalue weighted by Crippen LogP contribution is -2.38. The maximum atomic E-state index is 9.20. The van der Waals surface area contributed by atoms with Gasteiger partial charge in [-0.1, -0.05) is 0 Å². The molecule has 1 aromatic heterocycles. The van der Waals surface area contributed by atoms with E-state index in [-0.39, 0.29) is 5.82 Å². The van der Waals surface area contributed by atoms with Crippen LogP contribution in [0.2, 0.25) is 0 Å². The van der Waals surface area contributed by atoms with Crippen LogP contribution in [0, 0.1) is 11.3 Å². The number of aromatic nitrogens is 2. The quantitative estimate of drug-likeness (QED) is 0.858. The van der Waals surface area contributed by atoms with Crippen molar-refractivity contribution in [2.24, 2.45) is 0 Å². The van der Waals surface area contributed by atoms with E-state index < -0.39 is 0 Å². The van der Waals surface area contributed by atoms with Crippen molar-refractivity contribution in [2.45, 2.75) is 19.3 Å². The van der Waals surface area contributed by atoms with Crippen molar-refractivity contribution in [1.29, 1.82) is 5.26 Å². The molecule has 1 aromatic rings. The summed E-state index contributed by atoms with van der Waals surface area (Å²) in [5.74, 6) is 1.57. The van der Waals surface area contributed by atoms with Crippen LogP contribution in [-0.2, 0) is 4.74 Å². The van der Waals surface area contributed by atoms with Gasteiger partial charge in [-0.15, -0.1) is 0 Å². The lowest BCUT2D eigenvalue weighted by atomic mass is 10.1. The van der Waals surface area contributed by atoms with E-state index in [2.05, 4.69) is 25.8 Å². The summed E-state index contributed by atoms with van der Waals surface area (Å²) in [4.78, 5) is 12.9. The third kappa shape index (κ3) is 2.85. The average Bonchev–Trinajstić information content (AvgIpc) is 2.57. The molecule has 0 spiro atoms. The van der Waals surface area contributed by atoms with Crippen LogP contribution in [0.4, 0.5) is 17.3 Å². The van der Waals surface area contributed by atoms with Gasteiger partial charge in [0.15, 0.2) is 11.6 Å². The lowest BCUT2D eigenvalue weighted by molar-refractivity contribution is 0.122. The number of nitrogens with two attached hydrogens (primary N) is 1. The van der Waals surface area contributed by atoms with E-state index >= 15 is 0 Å². The first-order valence-corrected chi connectivity index (χ1v) is 7.45. The smallest absolute Gasteiger partial charge is 0.236 e. The zero-order valence-corrected chi connectivity index (χ0v) is 12.1. The van der Waals surface area contributed by atoms with E-state index in [0.29, 0.717) is 30.5 Å². The predicted molar refractivity (Wildman–Crippen MR) is 80.3 cm³/mol. The largest absolute Gasteiger partial charge is 0.393 e. The number of piperidine rings is 1. The van der Waals surface area contributed by atoms with E-state index in [1.165, 1.54) is 6.42 Å². The van der Waals surface area contributed by atoms with Gasteiger partial charge in [-0.25, -0.2) is 0 Å². The third-order valence-corrected chi connectivity index (χ3v) is 3.97. The first-order valence-electron chi connectivity index (χ1n) is 7.45. The molecule has 21 heavy (non-hydrogen) atoms. The molecule has 0 aromatic carbocycles. The van der Waals surface area contributed by atoms with Gasteiger partial charge in [-0.05, 0) is 19.3 Å². The monoisotopic (exact) mass is 288 g/mol. The van der Waals surface area contributed by atoms with Gasteiger partial charge in [0.1, 0.15) is 11.8 Å². The molecule has 2 aliphatic heterocycles. The van der Waals surface area contributed by atoms with Gasteiger partial charge in [-0.3, -0.25) is 0 Å². The number of nitrogen functional groups attached to an aromatic ring is 1. The molecule has 2 aliphatic rings. The van der Waals surface area contributed by atoms with Crippen molar-refractivity contribution >= 4 is 17.3 Å². The molecule has 0 bridgehead atoms. The van der Waals surface area contributed by atoms with Crippen LogP contribution < -0.4 is 15.5 Å². The van der Waals surface area contributed by atoms with Gasteiger partial charge in [0.25, 0.3) is 0 Å². The second-order valence-electron chi connectivity index (χ2n) is 5.37. The Kier molecular flexibility index (Phi) is 4.06. The highest BCUT2D eigenvalue weighted by molar-refractivity contribution is 5.76. The first-order chi connectivity index (χ1) is 10.3. The van der Waals surface area contributed by atoms with E-state index in [4.69, 9.17) is 10.5 Å².